The quantitative estimate of drug-likeness (QED) is 0.656. The van der Waals surface area contributed by atoms with E-state index >= 15 is 0 Å². The SMILES string of the molecule is COC(C)C(C)NCCCC1CCCC1O. The van der Waals surface area contributed by atoms with Crippen LogP contribution in [0.5, 0.6) is 0 Å². The van der Waals surface area contributed by atoms with Gasteiger partial charge in [-0.25, -0.2) is 0 Å². The molecule has 1 fully saturated rings. The van der Waals surface area contributed by atoms with E-state index in [9.17, 15) is 5.11 Å². The lowest BCUT2D eigenvalue weighted by atomic mass is 9.99. The van der Waals surface area contributed by atoms with Crippen molar-refractivity contribution >= 4 is 0 Å². The zero-order valence-corrected chi connectivity index (χ0v) is 10.9. The first-order valence-electron chi connectivity index (χ1n) is 6.59. The monoisotopic (exact) mass is 229 g/mol. The molecule has 1 rings (SSSR count). The van der Waals surface area contributed by atoms with Crippen molar-refractivity contribution in [1.82, 2.24) is 5.32 Å². The van der Waals surface area contributed by atoms with Crippen molar-refractivity contribution in [2.24, 2.45) is 5.92 Å². The van der Waals surface area contributed by atoms with Crippen molar-refractivity contribution in [3.8, 4) is 0 Å². The summed E-state index contributed by atoms with van der Waals surface area (Å²) in [4.78, 5) is 0. The number of aliphatic hydroxyl groups is 1. The van der Waals surface area contributed by atoms with Gasteiger partial charge in [0.15, 0.2) is 0 Å². The lowest BCUT2D eigenvalue weighted by Crippen LogP contribution is -2.37. The summed E-state index contributed by atoms with van der Waals surface area (Å²) >= 11 is 0. The maximum Gasteiger partial charge on any atom is 0.0693 e. The van der Waals surface area contributed by atoms with Gasteiger partial charge in [0, 0.05) is 13.2 Å². The van der Waals surface area contributed by atoms with Crippen LogP contribution in [0.25, 0.3) is 0 Å². The van der Waals surface area contributed by atoms with Gasteiger partial charge in [0.1, 0.15) is 0 Å². The van der Waals surface area contributed by atoms with Crippen LogP contribution in [-0.2, 0) is 4.74 Å². The summed E-state index contributed by atoms with van der Waals surface area (Å²) in [5.41, 5.74) is 0. The van der Waals surface area contributed by atoms with Crippen LogP contribution < -0.4 is 5.32 Å². The van der Waals surface area contributed by atoms with Crippen LogP contribution in [0.1, 0.15) is 46.0 Å². The van der Waals surface area contributed by atoms with Crippen LogP contribution in [0, 0.1) is 5.92 Å². The second-order valence-electron chi connectivity index (χ2n) is 5.08. The van der Waals surface area contributed by atoms with Crippen LogP contribution in [0.2, 0.25) is 0 Å². The Labute approximate surface area is 99.6 Å². The number of rotatable bonds is 7. The summed E-state index contributed by atoms with van der Waals surface area (Å²) in [6, 6.07) is 0.401. The standard InChI is InChI=1S/C13H27NO2/c1-10(11(2)16-3)14-9-5-7-12-6-4-8-13(12)15/h10-15H,4-9H2,1-3H3. The Morgan fingerprint density at radius 1 is 1.38 bits per heavy atom. The van der Waals surface area contributed by atoms with Gasteiger partial charge in [0.25, 0.3) is 0 Å². The molecule has 16 heavy (non-hydrogen) atoms. The first-order chi connectivity index (χ1) is 7.65. The molecule has 1 saturated carbocycles. The molecule has 0 bridgehead atoms. The zero-order chi connectivity index (χ0) is 12.0. The predicted octanol–water partition coefficient (Wildman–Crippen LogP) is 1.94. The molecule has 96 valence electrons. The van der Waals surface area contributed by atoms with E-state index in [1.165, 1.54) is 12.8 Å². The maximum absolute atomic E-state index is 9.68. The van der Waals surface area contributed by atoms with E-state index in [0.717, 1.165) is 25.8 Å². The van der Waals surface area contributed by atoms with Gasteiger partial charge in [-0.15, -0.1) is 0 Å². The number of aliphatic hydroxyl groups excluding tert-OH is 1. The van der Waals surface area contributed by atoms with Gasteiger partial charge < -0.3 is 15.2 Å². The van der Waals surface area contributed by atoms with E-state index in [1.807, 2.05) is 0 Å². The molecular formula is C13H27NO2. The molecule has 1 aliphatic carbocycles. The highest BCUT2D eigenvalue weighted by Crippen LogP contribution is 2.28. The number of methoxy groups -OCH3 is 1. The van der Waals surface area contributed by atoms with Crippen molar-refractivity contribution in [2.75, 3.05) is 13.7 Å². The molecule has 0 saturated heterocycles. The number of ether oxygens (including phenoxy) is 1. The lowest BCUT2D eigenvalue weighted by Gasteiger charge is -2.20. The molecule has 0 spiro atoms. The highest BCUT2D eigenvalue weighted by atomic mass is 16.5. The van der Waals surface area contributed by atoms with Gasteiger partial charge in [-0.3, -0.25) is 0 Å². The van der Waals surface area contributed by atoms with Crippen molar-refractivity contribution in [3.63, 3.8) is 0 Å². The third-order valence-electron chi connectivity index (χ3n) is 3.91. The van der Waals surface area contributed by atoms with E-state index in [-0.39, 0.29) is 12.2 Å². The largest absolute Gasteiger partial charge is 0.393 e. The molecule has 0 heterocycles. The summed E-state index contributed by atoms with van der Waals surface area (Å²) in [6.45, 7) is 5.26. The minimum Gasteiger partial charge on any atom is -0.393 e. The van der Waals surface area contributed by atoms with Crippen molar-refractivity contribution in [2.45, 2.75) is 64.2 Å². The molecule has 3 heteroatoms. The normalized spacial score (nSPS) is 29.2. The maximum atomic E-state index is 9.68. The van der Waals surface area contributed by atoms with Gasteiger partial charge in [-0.05, 0) is 52.0 Å². The van der Waals surface area contributed by atoms with Crippen LogP contribution in [-0.4, -0.2) is 37.0 Å². The first kappa shape index (κ1) is 13.9. The topological polar surface area (TPSA) is 41.5 Å². The number of nitrogens with one attached hydrogen (secondary N) is 1. The molecule has 0 aromatic carbocycles. The minimum absolute atomic E-state index is 0.0321. The molecule has 4 atom stereocenters. The van der Waals surface area contributed by atoms with Gasteiger partial charge in [-0.1, -0.05) is 6.42 Å². The molecular weight excluding hydrogens is 202 g/mol. The summed E-state index contributed by atoms with van der Waals surface area (Å²) < 4.78 is 5.26. The van der Waals surface area contributed by atoms with Gasteiger partial charge >= 0.3 is 0 Å². The second kappa shape index (κ2) is 7.25. The Balaban J connectivity index is 2.03. The fourth-order valence-electron chi connectivity index (χ4n) is 2.42. The van der Waals surface area contributed by atoms with Crippen molar-refractivity contribution in [1.29, 1.82) is 0 Å². The second-order valence-corrected chi connectivity index (χ2v) is 5.08. The van der Waals surface area contributed by atoms with Crippen LogP contribution in [0.15, 0.2) is 0 Å². The van der Waals surface area contributed by atoms with Crippen LogP contribution >= 0.6 is 0 Å². The Bertz CT molecular complexity index is 187. The first-order valence-corrected chi connectivity index (χ1v) is 6.59. The Hall–Kier alpha value is -0.120. The third-order valence-corrected chi connectivity index (χ3v) is 3.91. The highest BCUT2D eigenvalue weighted by Gasteiger charge is 2.24. The Kier molecular flexibility index (Phi) is 6.32. The average Bonchev–Trinajstić information content (AvgIpc) is 2.69. The van der Waals surface area contributed by atoms with E-state index in [2.05, 4.69) is 19.2 Å². The molecule has 1 aliphatic rings. The predicted molar refractivity (Wildman–Crippen MR) is 66.5 cm³/mol. The fraction of sp³-hybridized carbons (Fsp3) is 1.00. The van der Waals surface area contributed by atoms with Crippen LogP contribution in [0.3, 0.4) is 0 Å². The molecule has 0 amide bonds. The third kappa shape index (κ3) is 4.40. The molecule has 0 aromatic rings. The summed E-state index contributed by atoms with van der Waals surface area (Å²) in [5.74, 6) is 0.553. The smallest absolute Gasteiger partial charge is 0.0693 e. The number of hydrogen-bond acceptors (Lipinski definition) is 3. The molecule has 0 aliphatic heterocycles. The lowest BCUT2D eigenvalue weighted by molar-refractivity contribution is 0.0878. The van der Waals surface area contributed by atoms with Gasteiger partial charge in [0.05, 0.1) is 12.2 Å². The van der Waals surface area contributed by atoms with Gasteiger partial charge in [-0.2, -0.15) is 0 Å². The Morgan fingerprint density at radius 3 is 2.69 bits per heavy atom. The summed E-state index contributed by atoms with van der Waals surface area (Å²) in [5, 5.41) is 13.1. The van der Waals surface area contributed by atoms with Gasteiger partial charge in [0.2, 0.25) is 0 Å². The van der Waals surface area contributed by atoms with E-state index in [4.69, 9.17) is 4.74 Å². The molecule has 4 unspecified atom stereocenters. The summed E-state index contributed by atoms with van der Waals surface area (Å²) in [7, 11) is 1.75. The Morgan fingerprint density at radius 2 is 2.12 bits per heavy atom. The van der Waals surface area contributed by atoms with Crippen molar-refractivity contribution in [3.05, 3.63) is 0 Å². The van der Waals surface area contributed by atoms with Crippen LogP contribution in [0.4, 0.5) is 0 Å². The molecule has 3 nitrogen and oxygen atoms in total. The zero-order valence-electron chi connectivity index (χ0n) is 10.9. The van der Waals surface area contributed by atoms with E-state index in [1.54, 1.807) is 7.11 Å². The van der Waals surface area contributed by atoms with Crippen molar-refractivity contribution < 1.29 is 9.84 Å². The molecule has 2 N–H and O–H groups in total. The summed E-state index contributed by atoms with van der Waals surface area (Å²) in [6.07, 6.45) is 5.97. The highest BCUT2D eigenvalue weighted by molar-refractivity contribution is 4.77. The average molecular weight is 229 g/mol. The fourth-order valence-corrected chi connectivity index (χ4v) is 2.42. The number of hydrogen-bond donors (Lipinski definition) is 2. The minimum atomic E-state index is -0.0321. The molecule has 0 aromatic heterocycles. The molecule has 0 radical (unpaired) electrons. The van der Waals surface area contributed by atoms with E-state index in [0.29, 0.717) is 12.0 Å². The van der Waals surface area contributed by atoms with E-state index < -0.39 is 0 Å².